The fraction of sp³-hybridized carbons (Fsp3) is 0.478. The summed E-state index contributed by atoms with van der Waals surface area (Å²) in [6.07, 6.45) is 5.81. The molecule has 5 heterocycles. The van der Waals surface area contributed by atoms with Crippen molar-refractivity contribution < 1.29 is 4.79 Å². The number of thiophene rings is 1. The van der Waals surface area contributed by atoms with Crippen molar-refractivity contribution >= 4 is 34.4 Å². The molecule has 6 rings (SSSR count). The molecule has 1 saturated carbocycles. The topological polar surface area (TPSA) is 99.0 Å². The first-order valence-corrected chi connectivity index (χ1v) is 12.4. The second-order valence-electron chi connectivity index (χ2n) is 9.07. The third-order valence-electron chi connectivity index (χ3n) is 6.58. The Morgan fingerprint density at radius 2 is 2.15 bits per heavy atom. The molecule has 3 N–H and O–H groups in total. The SMILES string of the molecule is CNC1CCN(Cc2ccc(-c3cc(NC4CC4)n4ncc(CC5=NCNC5=O)c4n3)s2)C1. The summed E-state index contributed by atoms with van der Waals surface area (Å²) in [5.41, 5.74) is 3.18. The van der Waals surface area contributed by atoms with E-state index in [-0.39, 0.29) is 5.91 Å². The summed E-state index contributed by atoms with van der Waals surface area (Å²) < 4.78 is 1.86. The van der Waals surface area contributed by atoms with Gasteiger partial charge in [0.05, 0.1) is 16.8 Å². The van der Waals surface area contributed by atoms with Gasteiger partial charge >= 0.3 is 0 Å². The molecule has 10 heteroatoms. The highest BCUT2D eigenvalue weighted by Crippen LogP contribution is 2.33. The maximum absolute atomic E-state index is 12.0. The van der Waals surface area contributed by atoms with Gasteiger partial charge in [-0.3, -0.25) is 14.7 Å². The van der Waals surface area contributed by atoms with Crippen LogP contribution in [0.25, 0.3) is 16.2 Å². The summed E-state index contributed by atoms with van der Waals surface area (Å²) in [6.45, 7) is 3.56. The summed E-state index contributed by atoms with van der Waals surface area (Å²) in [5.74, 6) is 0.847. The van der Waals surface area contributed by atoms with Gasteiger partial charge in [-0.2, -0.15) is 9.61 Å². The van der Waals surface area contributed by atoms with E-state index in [0.29, 0.717) is 30.9 Å². The van der Waals surface area contributed by atoms with Gasteiger partial charge in [0.15, 0.2) is 5.65 Å². The van der Waals surface area contributed by atoms with Crippen LogP contribution in [0.4, 0.5) is 5.82 Å². The highest BCUT2D eigenvalue weighted by molar-refractivity contribution is 7.15. The van der Waals surface area contributed by atoms with E-state index in [1.165, 1.54) is 24.1 Å². The Bertz CT molecular complexity index is 1230. The first kappa shape index (κ1) is 20.8. The molecule has 1 unspecified atom stereocenters. The normalized spacial score (nSPS) is 21.1. The van der Waals surface area contributed by atoms with Crippen molar-refractivity contribution in [3.05, 3.63) is 34.8 Å². The third-order valence-corrected chi connectivity index (χ3v) is 7.67. The van der Waals surface area contributed by atoms with Crippen LogP contribution >= 0.6 is 11.3 Å². The molecular formula is C23H28N8OS. The molecule has 33 heavy (non-hydrogen) atoms. The molecule has 1 atom stereocenters. The smallest absolute Gasteiger partial charge is 0.267 e. The van der Waals surface area contributed by atoms with Crippen LogP contribution in [0, 0.1) is 0 Å². The van der Waals surface area contributed by atoms with E-state index in [1.807, 2.05) is 17.8 Å². The van der Waals surface area contributed by atoms with Crippen LogP contribution in [0.1, 0.15) is 29.7 Å². The first-order chi connectivity index (χ1) is 16.2. The highest BCUT2D eigenvalue weighted by Gasteiger charge is 2.25. The summed E-state index contributed by atoms with van der Waals surface area (Å²) in [4.78, 5) is 26.3. The zero-order valence-corrected chi connectivity index (χ0v) is 19.5. The second-order valence-corrected chi connectivity index (χ2v) is 10.2. The van der Waals surface area contributed by atoms with E-state index in [0.717, 1.165) is 47.2 Å². The molecule has 172 valence electrons. The van der Waals surface area contributed by atoms with Gasteiger partial charge in [0.25, 0.3) is 5.91 Å². The van der Waals surface area contributed by atoms with Gasteiger partial charge < -0.3 is 16.0 Å². The number of carbonyl (C=O) groups excluding carboxylic acids is 1. The van der Waals surface area contributed by atoms with Crippen LogP contribution in [0.15, 0.2) is 29.4 Å². The number of hydrogen-bond acceptors (Lipinski definition) is 8. The molecule has 2 aliphatic heterocycles. The second kappa shape index (κ2) is 8.51. The molecule has 1 aliphatic carbocycles. The Balaban J connectivity index is 1.31. The number of fused-ring (bicyclic) bond motifs is 1. The lowest BCUT2D eigenvalue weighted by molar-refractivity contribution is -0.114. The summed E-state index contributed by atoms with van der Waals surface area (Å²) in [5, 5.41) is 14.3. The molecule has 3 aromatic rings. The van der Waals surface area contributed by atoms with E-state index in [4.69, 9.17) is 4.98 Å². The number of likely N-dealkylation sites (N-methyl/N-ethyl adjacent to an activating group) is 1. The van der Waals surface area contributed by atoms with Crippen molar-refractivity contribution in [3.8, 4) is 10.6 Å². The van der Waals surface area contributed by atoms with E-state index in [1.54, 1.807) is 11.3 Å². The average Bonchev–Trinajstić information content (AvgIpc) is 3.23. The van der Waals surface area contributed by atoms with Crippen LogP contribution in [0.5, 0.6) is 0 Å². The maximum Gasteiger partial charge on any atom is 0.267 e. The fourth-order valence-corrected chi connectivity index (χ4v) is 5.54. The van der Waals surface area contributed by atoms with Gasteiger partial charge in [0.1, 0.15) is 18.2 Å². The monoisotopic (exact) mass is 464 g/mol. The number of nitrogens with one attached hydrogen (secondary N) is 3. The summed E-state index contributed by atoms with van der Waals surface area (Å²) in [7, 11) is 2.04. The van der Waals surface area contributed by atoms with Crippen molar-refractivity contribution in [2.24, 2.45) is 4.99 Å². The number of hydrogen-bond donors (Lipinski definition) is 3. The molecule has 1 amide bonds. The van der Waals surface area contributed by atoms with Gasteiger partial charge in [-0.15, -0.1) is 11.3 Å². The van der Waals surface area contributed by atoms with Crippen molar-refractivity contribution in [2.75, 3.05) is 32.1 Å². The Morgan fingerprint density at radius 1 is 1.24 bits per heavy atom. The van der Waals surface area contributed by atoms with Gasteiger partial charge in [-0.05, 0) is 38.4 Å². The van der Waals surface area contributed by atoms with Crippen molar-refractivity contribution in [1.82, 2.24) is 30.1 Å². The largest absolute Gasteiger partial charge is 0.367 e. The van der Waals surface area contributed by atoms with Crippen molar-refractivity contribution in [2.45, 2.75) is 44.3 Å². The Morgan fingerprint density at radius 3 is 2.91 bits per heavy atom. The first-order valence-electron chi connectivity index (χ1n) is 11.6. The fourth-order valence-electron chi connectivity index (χ4n) is 4.53. The molecule has 1 saturated heterocycles. The zero-order valence-electron chi connectivity index (χ0n) is 18.7. The van der Waals surface area contributed by atoms with Crippen molar-refractivity contribution in [1.29, 1.82) is 0 Å². The van der Waals surface area contributed by atoms with E-state index in [2.05, 4.69) is 49.1 Å². The average molecular weight is 465 g/mol. The molecule has 0 aromatic carbocycles. The number of rotatable bonds is 8. The number of anilines is 1. The summed E-state index contributed by atoms with van der Waals surface area (Å²) >= 11 is 1.81. The molecule has 0 spiro atoms. The van der Waals surface area contributed by atoms with Gasteiger partial charge in [0, 0.05) is 54.6 Å². The Hall–Kier alpha value is -2.82. The van der Waals surface area contributed by atoms with Crippen LogP contribution in [0.3, 0.4) is 0 Å². The molecule has 3 aromatic heterocycles. The van der Waals surface area contributed by atoms with E-state index < -0.39 is 0 Å². The number of aliphatic imine (C=N–C) groups is 1. The van der Waals surface area contributed by atoms with Gasteiger partial charge in [-0.25, -0.2) is 4.98 Å². The standard InChI is InChI=1S/C23H28N8OS/c1-24-16-6-7-30(11-16)12-17-4-5-20(33-17)18-9-21(28-15-2-3-15)31-22(29-18)14(10-27-31)8-19-23(32)26-13-25-19/h4-5,9-10,15-16,24,28H,2-3,6-8,11-13H2,1H3,(H,26,32). The predicted octanol–water partition coefficient (Wildman–Crippen LogP) is 1.90. The predicted molar refractivity (Wildman–Crippen MR) is 130 cm³/mol. The summed E-state index contributed by atoms with van der Waals surface area (Å²) in [6, 6.07) is 7.59. The van der Waals surface area contributed by atoms with Crippen LogP contribution < -0.4 is 16.0 Å². The number of likely N-dealkylation sites (tertiary alicyclic amines) is 1. The third kappa shape index (κ3) is 4.25. The van der Waals surface area contributed by atoms with Crippen LogP contribution in [0.2, 0.25) is 0 Å². The number of nitrogens with zero attached hydrogens (tertiary/aromatic N) is 5. The molecule has 0 bridgehead atoms. The quantitative estimate of drug-likeness (QED) is 0.471. The molecule has 0 radical (unpaired) electrons. The minimum atomic E-state index is -0.104. The molecular weight excluding hydrogens is 436 g/mol. The number of aromatic nitrogens is 3. The minimum absolute atomic E-state index is 0.104. The lowest BCUT2D eigenvalue weighted by Crippen LogP contribution is -2.29. The van der Waals surface area contributed by atoms with Gasteiger partial charge in [-0.1, -0.05) is 0 Å². The van der Waals surface area contributed by atoms with Crippen LogP contribution in [-0.2, 0) is 17.8 Å². The van der Waals surface area contributed by atoms with E-state index >= 15 is 0 Å². The van der Waals surface area contributed by atoms with Crippen LogP contribution in [-0.4, -0.2) is 70.0 Å². The molecule has 9 nitrogen and oxygen atoms in total. The van der Waals surface area contributed by atoms with Crippen molar-refractivity contribution in [3.63, 3.8) is 0 Å². The highest BCUT2D eigenvalue weighted by atomic mass is 32.1. The number of amides is 1. The number of carbonyl (C=O) groups is 1. The zero-order chi connectivity index (χ0) is 22.4. The van der Waals surface area contributed by atoms with Gasteiger partial charge in [0.2, 0.25) is 0 Å². The molecule has 2 fully saturated rings. The minimum Gasteiger partial charge on any atom is -0.367 e. The Labute approximate surface area is 196 Å². The lowest BCUT2D eigenvalue weighted by atomic mass is 10.1. The Kier molecular flexibility index (Phi) is 5.35. The molecule has 3 aliphatic rings. The van der Waals surface area contributed by atoms with E-state index in [9.17, 15) is 4.79 Å². The maximum atomic E-state index is 12.0. The lowest BCUT2D eigenvalue weighted by Gasteiger charge is -2.14.